The molecule has 1 aliphatic carbocycles. The molecule has 0 N–H and O–H groups in total. The lowest BCUT2D eigenvalue weighted by Crippen LogP contribution is -2.40. The Bertz CT molecular complexity index is 1520. The number of ether oxygens (including phenoxy) is 1. The zero-order valence-electron chi connectivity index (χ0n) is 20.9. The van der Waals surface area contributed by atoms with Crippen molar-refractivity contribution in [3.8, 4) is 0 Å². The Morgan fingerprint density at radius 2 is 1.53 bits per heavy atom. The number of ketones is 1. The number of nitrogens with zero attached hydrogens (tertiary/aromatic N) is 2. The molecule has 1 spiro atoms. The standard InChI is InChI=1S/C32H26N2O4/c1-2-38-30(37)31(23-15-7-4-8-16-23)28(27(35)25-18-11-12-20-33-25)32(31)24-17-9-10-19-26(24)34(29(32)36)21-22-13-5-3-6-14-22/h3-20,28H,2,21H2,1H3/t28-,31+,32?/m1/s1. The molecule has 0 radical (unpaired) electrons. The average molecular weight is 503 g/mol. The van der Waals surface area contributed by atoms with Gasteiger partial charge in [0.05, 0.1) is 19.1 Å². The minimum Gasteiger partial charge on any atom is -0.465 e. The molecule has 0 bridgehead atoms. The van der Waals surface area contributed by atoms with E-state index in [2.05, 4.69) is 4.98 Å². The Kier molecular flexibility index (Phi) is 5.68. The molecule has 38 heavy (non-hydrogen) atoms. The van der Waals surface area contributed by atoms with Crippen LogP contribution in [0.2, 0.25) is 0 Å². The lowest BCUT2D eigenvalue weighted by atomic mass is 9.82. The van der Waals surface area contributed by atoms with Crippen molar-refractivity contribution in [2.45, 2.75) is 24.3 Å². The number of rotatable bonds is 7. The van der Waals surface area contributed by atoms with Crippen LogP contribution in [0.3, 0.4) is 0 Å². The van der Waals surface area contributed by atoms with Crippen molar-refractivity contribution in [1.82, 2.24) is 4.98 Å². The summed E-state index contributed by atoms with van der Waals surface area (Å²) in [5, 5.41) is 0. The number of pyridine rings is 1. The Morgan fingerprint density at radius 3 is 2.21 bits per heavy atom. The molecule has 1 aliphatic heterocycles. The smallest absolute Gasteiger partial charge is 0.318 e. The van der Waals surface area contributed by atoms with Crippen LogP contribution < -0.4 is 4.90 Å². The minimum absolute atomic E-state index is 0.123. The van der Waals surface area contributed by atoms with Crippen molar-refractivity contribution in [1.29, 1.82) is 0 Å². The van der Waals surface area contributed by atoms with E-state index < -0.39 is 22.7 Å². The number of anilines is 1. The summed E-state index contributed by atoms with van der Waals surface area (Å²) in [6.07, 6.45) is 1.54. The number of hydrogen-bond acceptors (Lipinski definition) is 5. The van der Waals surface area contributed by atoms with Crippen molar-refractivity contribution >= 4 is 23.3 Å². The molecule has 2 aliphatic rings. The van der Waals surface area contributed by atoms with Gasteiger partial charge in [-0.05, 0) is 41.8 Å². The van der Waals surface area contributed by atoms with E-state index in [-0.39, 0.29) is 24.0 Å². The van der Waals surface area contributed by atoms with Gasteiger partial charge in [0.1, 0.15) is 16.5 Å². The summed E-state index contributed by atoms with van der Waals surface area (Å²) in [5.41, 5.74) is 0.109. The molecule has 188 valence electrons. The van der Waals surface area contributed by atoms with Crippen LogP contribution in [-0.4, -0.2) is 29.3 Å². The van der Waals surface area contributed by atoms with Crippen LogP contribution in [0.4, 0.5) is 5.69 Å². The fourth-order valence-electron chi connectivity index (χ4n) is 6.32. The second kappa shape index (κ2) is 9.06. The predicted molar refractivity (Wildman–Crippen MR) is 143 cm³/mol. The fraction of sp³-hybridized carbons (Fsp3) is 0.188. The first-order chi connectivity index (χ1) is 18.6. The van der Waals surface area contributed by atoms with E-state index in [4.69, 9.17) is 4.74 Å². The van der Waals surface area contributed by atoms with Crippen molar-refractivity contribution in [2.24, 2.45) is 5.92 Å². The van der Waals surface area contributed by atoms with Crippen molar-refractivity contribution in [3.05, 3.63) is 132 Å². The minimum atomic E-state index is -1.53. The summed E-state index contributed by atoms with van der Waals surface area (Å²) in [6, 6.07) is 31.3. The van der Waals surface area contributed by atoms with Gasteiger partial charge in [-0.15, -0.1) is 0 Å². The van der Waals surface area contributed by atoms with Crippen LogP contribution in [0.15, 0.2) is 109 Å². The average Bonchev–Trinajstić information content (AvgIpc) is 3.56. The molecule has 3 aromatic carbocycles. The molecule has 3 atom stereocenters. The molecule has 1 amide bonds. The SMILES string of the molecule is CCOC(=O)[C@]1(c2ccccc2)[C@@H](C(=O)c2ccccn2)C12C(=O)N(Cc1ccccc1)c1ccccc12. The van der Waals surface area contributed by atoms with E-state index in [9.17, 15) is 14.4 Å². The van der Waals surface area contributed by atoms with Crippen LogP contribution >= 0.6 is 0 Å². The molecular formula is C32H26N2O4. The maximum Gasteiger partial charge on any atom is 0.318 e. The largest absolute Gasteiger partial charge is 0.465 e. The molecule has 2 heterocycles. The second-order valence-electron chi connectivity index (χ2n) is 9.61. The van der Waals surface area contributed by atoms with E-state index in [1.165, 1.54) is 0 Å². The molecule has 6 heteroatoms. The van der Waals surface area contributed by atoms with Gasteiger partial charge in [0.15, 0.2) is 5.78 Å². The molecule has 1 unspecified atom stereocenters. The summed E-state index contributed by atoms with van der Waals surface area (Å²) < 4.78 is 5.66. The third kappa shape index (κ3) is 3.13. The highest BCUT2D eigenvalue weighted by atomic mass is 16.5. The molecule has 1 saturated carbocycles. The van der Waals surface area contributed by atoms with Crippen LogP contribution in [-0.2, 0) is 31.7 Å². The number of benzene rings is 3. The summed E-state index contributed by atoms with van der Waals surface area (Å²) in [4.78, 5) is 49.1. The van der Waals surface area contributed by atoms with Gasteiger partial charge < -0.3 is 9.64 Å². The van der Waals surface area contributed by atoms with Gasteiger partial charge in [0.2, 0.25) is 5.91 Å². The van der Waals surface area contributed by atoms with Crippen molar-refractivity contribution in [3.63, 3.8) is 0 Å². The molecule has 4 aromatic rings. The van der Waals surface area contributed by atoms with Gasteiger partial charge in [-0.3, -0.25) is 19.4 Å². The Hall–Kier alpha value is -4.58. The number of carbonyl (C=O) groups excluding carboxylic acids is 3. The van der Waals surface area contributed by atoms with Crippen LogP contribution in [0.25, 0.3) is 0 Å². The van der Waals surface area contributed by atoms with Crippen molar-refractivity contribution < 1.29 is 19.1 Å². The zero-order valence-corrected chi connectivity index (χ0v) is 20.9. The highest BCUT2D eigenvalue weighted by Crippen LogP contribution is 2.75. The van der Waals surface area contributed by atoms with E-state index in [0.717, 1.165) is 5.56 Å². The number of fused-ring (bicyclic) bond motifs is 2. The number of carbonyl (C=O) groups is 3. The molecule has 1 fully saturated rings. The number of Topliss-reactive ketones (excluding diaryl/α,β-unsaturated/α-hetero) is 1. The summed E-state index contributed by atoms with van der Waals surface area (Å²) in [6.45, 7) is 2.17. The van der Waals surface area contributed by atoms with Gasteiger partial charge >= 0.3 is 5.97 Å². The predicted octanol–water partition coefficient (Wildman–Crippen LogP) is 4.88. The number of hydrogen-bond donors (Lipinski definition) is 0. The normalized spacial score (nSPS) is 23.2. The van der Waals surface area contributed by atoms with Gasteiger partial charge in [-0.2, -0.15) is 0 Å². The molecular weight excluding hydrogens is 476 g/mol. The molecule has 6 nitrogen and oxygen atoms in total. The first-order valence-corrected chi connectivity index (χ1v) is 12.7. The summed E-state index contributed by atoms with van der Waals surface area (Å²) in [5.74, 6) is -2.23. The lowest BCUT2D eigenvalue weighted by molar-refractivity contribution is -0.148. The number of esters is 1. The van der Waals surface area contributed by atoms with Crippen LogP contribution in [0, 0.1) is 5.92 Å². The van der Waals surface area contributed by atoms with Gasteiger partial charge in [-0.25, -0.2) is 0 Å². The summed E-state index contributed by atoms with van der Waals surface area (Å²) in [7, 11) is 0. The van der Waals surface area contributed by atoms with E-state index in [1.807, 2.05) is 72.8 Å². The first kappa shape index (κ1) is 23.8. The van der Waals surface area contributed by atoms with Crippen LogP contribution in [0.1, 0.15) is 34.1 Å². The highest BCUT2D eigenvalue weighted by molar-refractivity contribution is 6.24. The third-order valence-electron chi connectivity index (χ3n) is 7.80. The van der Waals surface area contributed by atoms with E-state index in [1.54, 1.807) is 48.4 Å². The lowest BCUT2D eigenvalue weighted by Gasteiger charge is -2.22. The Labute approximate surface area is 220 Å². The number of amides is 1. The fourth-order valence-corrected chi connectivity index (χ4v) is 6.32. The molecule has 6 rings (SSSR count). The second-order valence-corrected chi connectivity index (χ2v) is 9.61. The Balaban J connectivity index is 1.61. The zero-order chi connectivity index (χ0) is 26.3. The van der Waals surface area contributed by atoms with Gasteiger partial charge in [0, 0.05) is 11.9 Å². The third-order valence-corrected chi connectivity index (χ3v) is 7.80. The summed E-state index contributed by atoms with van der Waals surface area (Å²) >= 11 is 0. The maximum atomic E-state index is 14.7. The van der Waals surface area contributed by atoms with E-state index >= 15 is 0 Å². The monoisotopic (exact) mass is 502 g/mol. The molecule has 0 saturated heterocycles. The highest BCUT2D eigenvalue weighted by Gasteiger charge is 2.90. The topological polar surface area (TPSA) is 76.6 Å². The maximum absolute atomic E-state index is 14.7. The first-order valence-electron chi connectivity index (χ1n) is 12.7. The van der Waals surface area contributed by atoms with Crippen LogP contribution in [0.5, 0.6) is 0 Å². The number of para-hydroxylation sites is 1. The Morgan fingerprint density at radius 1 is 0.868 bits per heavy atom. The van der Waals surface area contributed by atoms with Crippen molar-refractivity contribution in [2.75, 3.05) is 11.5 Å². The van der Waals surface area contributed by atoms with Gasteiger partial charge in [-0.1, -0.05) is 84.9 Å². The molecule has 1 aromatic heterocycles. The van der Waals surface area contributed by atoms with E-state index in [0.29, 0.717) is 23.4 Å². The number of aromatic nitrogens is 1. The quantitative estimate of drug-likeness (QED) is 0.266. The van der Waals surface area contributed by atoms with Gasteiger partial charge in [0.25, 0.3) is 0 Å².